The third-order valence-corrected chi connectivity index (χ3v) is 2.56. The first-order chi connectivity index (χ1) is 5.17. The van der Waals surface area contributed by atoms with E-state index in [-0.39, 0.29) is 17.8 Å². The molecular formula is C8H16O3. The van der Waals surface area contributed by atoms with Crippen molar-refractivity contribution in [1.82, 2.24) is 0 Å². The van der Waals surface area contributed by atoms with Crippen LogP contribution < -0.4 is 0 Å². The summed E-state index contributed by atoms with van der Waals surface area (Å²) in [5.74, 6) is 0. The first-order valence-corrected chi connectivity index (χ1v) is 3.87. The second kappa shape index (κ2) is 3.09. The summed E-state index contributed by atoms with van der Waals surface area (Å²) >= 11 is 0. The smallest absolute Gasteiger partial charge is 0.143 e. The number of methoxy groups -OCH3 is 2. The molecule has 0 N–H and O–H groups in total. The zero-order valence-electron chi connectivity index (χ0n) is 7.59. The molecule has 0 amide bonds. The zero-order valence-corrected chi connectivity index (χ0v) is 7.59. The molecule has 0 spiro atoms. The van der Waals surface area contributed by atoms with Crippen molar-refractivity contribution in [2.45, 2.75) is 31.7 Å². The fraction of sp³-hybridized carbons (Fsp3) is 1.00. The van der Waals surface area contributed by atoms with Crippen LogP contribution in [-0.4, -0.2) is 38.6 Å². The van der Waals surface area contributed by atoms with E-state index in [1.54, 1.807) is 14.2 Å². The van der Waals surface area contributed by atoms with Gasteiger partial charge in [0.1, 0.15) is 5.60 Å². The second-order valence-electron chi connectivity index (χ2n) is 3.00. The van der Waals surface area contributed by atoms with Crippen molar-refractivity contribution in [2.24, 2.45) is 0 Å². The first-order valence-electron chi connectivity index (χ1n) is 3.87. The van der Waals surface area contributed by atoms with Crippen LogP contribution in [0.15, 0.2) is 0 Å². The van der Waals surface area contributed by atoms with Crippen molar-refractivity contribution in [3.8, 4) is 0 Å². The van der Waals surface area contributed by atoms with Crippen LogP contribution in [0, 0.1) is 0 Å². The fourth-order valence-corrected chi connectivity index (χ4v) is 1.28. The SMILES string of the molecule is COC(C)C1(C(C)OC)CO1. The monoisotopic (exact) mass is 160 g/mol. The summed E-state index contributed by atoms with van der Waals surface area (Å²) in [5, 5.41) is 0. The van der Waals surface area contributed by atoms with Gasteiger partial charge < -0.3 is 14.2 Å². The number of rotatable bonds is 4. The Morgan fingerprint density at radius 2 is 1.55 bits per heavy atom. The van der Waals surface area contributed by atoms with Crippen LogP contribution in [0.2, 0.25) is 0 Å². The second-order valence-corrected chi connectivity index (χ2v) is 3.00. The Morgan fingerprint density at radius 3 is 1.73 bits per heavy atom. The molecule has 1 aliphatic rings. The molecule has 66 valence electrons. The molecule has 0 aromatic carbocycles. The molecule has 1 rings (SSSR count). The van der Waals surface area contributed by atoms with Gasteiger partial charge in [-0.1, -0.05) is 0 Å². The van der Waals surface area contributed by atoms with E-state index >= 15 is 0 Å². The molecule has 0 radical (unpaired) electrons. The summed E-state index contributed by atoms with van der Waals surface area (Å²) in [6.45, 7) is 4.75. The van der Waals surface area contributed by atoms with E-state index in [9.17, 15) is 0 Å². The number of epoxide rings is 1. The van der Waals surface area contributed by atoms with E-state index in [2.05, 4.69) is 0 Å². The molecule has 1 saturated heterocycles. The maximum atomic E-state index is 5.35. The Hall–Kier alpha value is -0.120. The molecule has 1 heterocycles. The van der Waals surface area contributed by atoms with Gasteiger partial charge in [-0.3, -0.25) is 0 Å². The summed E-state index contributed by atoms with van der Waals surface area (Å²) in [5.41, 5.74) is -0.177. The normalized spacial score (nSPS) is 34.9. The Kier molecular flexibility index (Phi) is 2.52. The predicted molar refractivity (Wildman–Crippen MR) is 41.6 cm³/mol. The molecule has 2 atom stereocenters. The minimum atomic E-state index is -0.177. The molecule has 0 aromatic rings. The van der Waals surface area contributed by atoms with Gasteiger partial charge in [-0.2, -0.15) is 0 Å². The summed E-state index contributed by atoms with van der Waals surface area (Å²) in [6, 6.07) is 0. The highest BCUT2D eigenvalue weighted by atomic mass is 16.6. The Labute approximate surface area is 67.6 Å². The van der Waals surface area contributed by atoms with Crippen LogP contribution in [0.4, 0.5) is 0 Å². The molecule has 3 nitrogen and oxygen atoms in total. The summed E-state index contributed by atoms with van der Waals surface area (Å²) < 4.78 is 15.7. The zero-order chi connectivity index (χ0) is 8.48. The summed E-state index contributed by atoms with van der Waals surface area (Å²) in [7, 11) is 3.38. The van der Waals surface area contributed by atoms with Gasteiger partial charge in [-0.25, -0.2) is 0 Å². The minimum Gasteiger partial charge on any atom is -0.379 e. The van der Waals surface area contributed by atoms with E-state index < -0.39 is 0 Å². The van der Waals surface area contributed by atoms with E-state index in [4.69, 9.17) is 14.2 Å². The maximum Gasteiger partial charge on any atom is 0.143 e. The minimum absolute atomic E-state index is 0.109. The molecule has 1 aliphatic heterocycles. The largest absolute Gasteiger partial charge is 0.379 e. The topological polar surface area (TPSA) is 31.0 Å². The highest BCUT2D eigenvalue weighted by molar-refractivity contribution is 5.02. The van der Waals surface area contributed by atoms with E-state index in [1.165, 1.54) is 0 Å². The molecule has 1 fully saturated rings. The third kappa shape index (κ3) is 1.41. The van der Waals surface area contributed by atoms with E-state index in [1.807, 2.05) is 13.8 Å². The van der Waals surface area contributed by atoms with Crippen molar-refractivity contribution in [1.29, 1.82) is 0 Å². The highest BCUT2D eigenvalue weighted by Gasteiger charge is 2.55. The lowest BCUT2D eigenvalue weighted by Gasteiger charge is -2.23. The van der Waals surface area contributed by atoms with Crippen molar-refractivity contribution >= 4 is 0 Å². The van der Waals surface area contributed by atoms with Crippen molar-refractivity contribution in [3.05, 3.63) is 0 Å². The molecule has 0 aromatic heterocycles. The van der Waals surface area contributed by atoms with Crippen molar-refractivity contribution in [2.75, 3.05) is 20.8 Å². The van der Waals surface area contributed by atoms with Crippen LogP contribution in [0.5, 0.6) is 0 Å². The number of hydrogen-bond donors (Lipinski definition) is 0. The number of ether oxygens (including phenoxy) is 3. The molecule has 0 saturated carbocycles. The van der Waals surface area contributed by atoms with Gasteiger partial charge in [-0.15, -0.1) is 0 Å². The van der Waals surface area contributed by atoms with Crippen molar-refractivity contribution < 1.29 is 14.2 Å². The van der Waals surface area contributed by atoms with E-state index in [0.717, 1.165) is 6.61 Å². The van der Waals surface area contributed by atoms with Gasteiger partial charge in [0.25, 0.3) is 0 Å². The highest BCUT2D eigenvalue weighted by Crippen LogP contribution is 2.37. The molecule has 3 heteroatoms. The third-order valence-electron chi connectivity index (χ3n) is 2.56. The van der Waals surface area contributed by atoms with Crippen LogP contribution in [0.3, 0.4) is 0 Å². The van der Waals surface area contributed by atoms with Gasteiger partial charge in [0.15, 0.2) is 0 Å². The average molecular weight is 160 g/mol. The summed E-state index contributed by atoms with van der Waals surface area (Å²) in [4.78, 5) is 0. The van der Waals surface area contributed by atoms with Crippen LogP contribution >= 0.6 is 0 Å². The standard InChI is InChI=1S/C8H16O3/c1-6(9-3)8(5-11-8)7(2)10-4/h6-7H,5H2,1-4H3. The van der Waals surface area contributed by atoms with Gasteiger partial charge in [-0.05, 0) is 13.8 Å². The van der Waals surface area contributed by atoms with Gasteiger partial charge in [0, 0.05) is 14.2 Å². The Balaban J connectivity index is 2.52. The summed E-state index contributed by atoms with van der Waals surface area (Å²) in [6.07, 6.45) is 0.217. The van der Waals surface area contributed by atoms with Crippen molar-refractivity contribution in [3.63, 3.8) is 0 Å². The van der Waals surface area contributed by atoms with Crippen LogP contribution in [-0.2, 0) is 14.2 Å². The quantitative estimate of drug-likeness (QED) is 0.571. The lowest BCUT2D eigenvalue weighted by molar-refractivity contribution is -0.0372. The lowest BCUT2D eigenvalue weighted by atomic mass is 9.99. The van der Waals surface area contributed by atoms with Crippen LogP contribution in [0.1, 0.15) is 13.8 Å². The van der Waals surface area contributed by atoms with Gasteiger partial charge >= 0.3 is 0 Å². The molecule has 0 bridgehead atoms. The Morgan fingerprint density at radius 1 is 1.18 bits per heavy atom. The maximum absolute atomic E-state index is 5.35. The fourth-order valence-electron chi connectivity index (χ4n) is 1.28. The lowest BCUT2D eigenvalue weighted by Crippen LogP contribution is -2.40. The number of hydrogen-bond acceptors (Lipinski definition) is 3. The average Bonchev–Trinajstić information content (AvgIpc) is 2.82. The van der Waals surface area contributed by atoms with Gasteiger partial charge in [0.05, 0.1) is 18.8 Å². The van der Waals surface area contributed by atoms with Crippen LogP contribution in [0.25, 0.3) is 0 Å². The molecule has 0 aliphatic carbocycles. The molecule has 2 unspecified atom stereocenters. The Bertz CT molecular complexity index is 119. The molecule has 11 heavy (non-hydrogen) atoms. The predicted octanol–water partition coefficient (Wildman–Crippen LogP) is 0.825. The van der Waals surface area contributed by atoms with E-state index in [0.29, 0.717) is 0 Å². The van der Waals surface area contributed by atoms with Gasteiger partial charge in [0.2, 0.25) is 0 Å². The molecular weight excluding hydrogens is 144 g/mol. The first kappa shape index (κ1) is 8.97.